The van der Waals surface area contributed by atoms with Crippen LogP contribution in [0.2, 0.25) is 0 Å². The van der Waals surface area contributed by atoms with E-state index in [4.69, 9.17) is 10.5 Å². The number of ether oxygens (including phenoxy) is 1. The van der Waals surface area contributed by atoms with Gasteiger partial charge in [0.15, 0.2) is 0 Å². The molecule has 7 heteroatoms. The van der Waals surface area contributed by atoms with Gasteiger partial charge >= 0.3 is 0 Å². The predicted molar refractivity (Wildman–Crippen MR) is 87.0 cm³/mol. The second-order valence-corrected chi connectivity index (χ2v) is 6.73. The molecule has 118 valence electrons. The van der Waals surface area contributed by atoms with Gasteiger partial charge in [-0.2, -0.15) is 0 Å². The lowest BCUT2D eigenvalue weighted by Gasteiger charge is -2.34. The molecule has 1 amide bonds. The molecule has 0 atom stereocenters. The molecule has 0 aromatic carbocycles. The largest absolute Gasteiger partial charge is 0.381 e. The van der Waals surface area contributed by atoms with Crippen LogP contribution in [-0.2, 0) is 16.0 Å². The summed E-state index contributed by atoms with van der Waals surface area (Å²) < 4.78 is 5.36. The summed E-state index contributed by atoms with van der Waals surface area (Å²) in [5.41, 5.74) is 5.08. The average Bonchev–Trinajstić information content (AvgIpc) is 2.97. The van der Waals surface area contributed by atoms with Gasteiger partial charge in [0.1, 0.15) is 17.0 Å². The minimum Gasteiger partial charge on any atom is -0.381 e. The number of carbonyl (C=O) groups excluding carboxylic acids is 1. The highest BCUT2D eigenvalue weighted by Crippen LogP contribution is 2.33. The van der Waals surface area contributed by atoms with Crippen molar-refractivity contribution < 1.29 is 9.53 Å². The van der Waals surface area contributed by atoms with Gasteiger partial charge < -0.3 is 15.8 Å². The number of primary amides is 1. The van der Waals surface area contributed by atoms with Crippen molar-refractivity contribution in [1.82, 2.24) is 9.97 Å². The first-order chi connectivity index (χ1) is 10.6. The summed E-state index contributed by atoms with van der Waals surface area (Å²) in [6.45, 7) is 3.74. The molecule has 1 saturated heterocycles. The van der Waals surface area contributed by atoms with Gasteiger partial charge in [-0.15, -0.1) is 11.3 Å². The van der Waals surface area contributed by atoms with Crippen LogP contribution in [-0.4, -0.2) is 35.6 Å². The molecular weight excluding hydrogens is 300 g/mol. The number of carbonyl (C=O) groups is 1. The Morgan fingerprint density at radius 2 is 2.23 bits per heavy atom. The molecule has 0 saturated carbocycles. The molecule has 0 bridgehead atoms. The first-order valence-electron chi connectivity index (χ1n) is 7.49. The highest BCUT2D eigenvalue weighted by molar-refractivity contribution is 7.18. The minimum atomic E-state index is -0.556. The fourth-order valence-electron chi connectivity index (χ4n) is 2.75. The maximum absolute atomic E-state index is 11.9. The van der Waals surface area contributed by atoms with Gasteiger partial charge in [0.25, 0.3) is 0 Å². The molecule has 0 aliphatic carbocycles. The number of amides is 1. The fraction of sp³-hybridized carbons (Fsp3) is 0.533. The van der Waals surface area contributed by atoms with Crippen molar-refractivity contribution in [2.45, 2.75) is 26.2 Å². The van der Waals surface area contributed by atoms with Crippen molar-refractivity contribution in [1.29, 1.82) is 0 Å². The molecule has 0 unspecified atom stereocenters. The first-order valence-corrected chi connectivity index (χ1v) is 8.31. The van der Waals surface area contributed by atoms with Crippen molar-refractivity contribution >= 4 is 33.3 Å². The van der Waals surface area contributed by atoms with Gasteiger partial charge in [0, 0.05) is 24.6 Å². The van der Waals surface area contributed by atoms with Crippen molar-refractivity contribution in [3.8, 4) is 0 Å². The number of anilines is 1. The molecular formula is C15H20N4O2S. The Bertz CT molecular complexity index is 679. The number of nitrogens with one attached hydrogen (secondary N) is 1. The monoisotopic (exact) mass is 320 g/mol. The van der Waals surface area contributed by atoms with E-state index in [2.05, 4.69) is 28.3 Å². The summed E-state index contributed by atoms with van der Waals surface area (Å²) in [5, 5.41) is 4.33. The quantitative estimate of drug-likeness (QED) is 0.879. The van der Waals surface area contributed by atoms with Crippen LogP contribution in [0.4, 0.5) is 5.82 Å². The molecule has 1 aliphatic heterocycles. The summed E-state index contributed by atoms with van der Waals surface area (Å²) in [4.78, 5) is 22.8. The average molecular weight is 320 g/mol. The van der Waals surface area contributed by atoms with E-state index in [-0.39, 0.29) is 5.91 Å². The second-order valence-electron chi connectivity index (χ2n) is 5.62. The standard InChI is InChI=1S/C15H20N4O2S/c1-2-10-7-11-12(18-9-19-13(11)22-10)17-8-15(14(16)20)3-5-21-6-4-15/h7,9H,2-6,8H2,1H3,(H2,16,20)(H,17,18,19). The molecule has 3 N–H and O–H groups in total. The van der Waals surface area contributed by atoms with Crippen molar-refractivity contribution in [2.75, 3.05) is 25.1 Å². The minimum absolute atomic E-state index is 0.270. The Morgan fingerprint density at radius 3 is 2.91 bits per heavy atom. The molecule has 3 heterocycles. The number of aryl methyl sites for hydroxylation is 1. The number of hydrogen-bond donors (Lipinski definition) is 2. The zero-order valence-electron chi connectivity index (χ0n) is 12.6. The number of aromatic nitrogens is 2. The molecule has 22 heavy (non-hydrogen) atoms. The summed E-state index contributed by atoms with van der Waals surface area (Å²) >= 11 is 1.68. The highest BCUT2D eigenvalue weighted by Gasteiger charge is 2.38. The maximum Gasteiger partial charge on any atom is 0.225 e. The van der Waals surface area contributed by atoms with E-state index in [1.54, 1.807) is 17.7 Å². The maximum atomic E-state index is 11.9. The zero-order valence-corrected chi connectivity index (χ0v) is 13.4. The predicted octanol–water partition coefficient (Wildman–Crippen LogP) is 1.95. The van der Waals surface area contributed by atoms with Crippen molar-refractivity contribution in [2.24, 2.45) is 11.1 Å². The number of hydrogen-bond acceptors (Lipinski definition) is 6. The van der Waals surface area contributed by atoms with Crippen molar-refractivity contribution in [3.63, 3.8) is 0 Å². The molecule has 3 rings (SSSR count). The molecule has 0 radical (unpaired) electrons. The van der Waals surface area contributed by atoms with E-state index < -0.39 is 5.41 Å². The van der Waals surface area contributed by atoms with E-state index >= 15 is 0 Å². The van der Waals surface area contributed by atoms with Crippen LogP contribution in [0.15, 0.2) is 12.4 Å². The van der Waals surface area contributed by atoms with Crippen LogP contribution >= 0.6 is 11.3 Å². The second kappa shape index (κ2) is 6.18. The SMILES string of the molecule is CCc1cc2c(NCC3(C(N)=O)CCOCC3)ncnc2s1. The Labute approximate surface area is 133 Å². The van der Waals surface area contributed by atoms with E-state index in [1.165, 1.54) is 4.88 Å². The summed E-state index contributed by atoms with van der Waals surface area (Å²) in [6, 6.07) is 2.11. The third kappa shape index (κ3) is 2.78. The van der Waals surface area contributed by atoms with E-state index in [0.717, 1.165) is 22.5 Å². The normalized spacial score (nSPS) is 17.5. The smallest absolute Gasteiger partial charge is 0.225 e. The molecule has 1 aliphatic rings. The molecule has 1 fully saturated rings. The zero-order chi connectivity index (χ0) is 15.6. The van der Waals surface area contributed by atoms with Crippen molar-refractivity contribution in [3.05, 3.63) is 17.3 Å². The van der Waals surface area contributed by atoms with Gasteiger partial charge in [-0.1, -0.05) is 6.92 Å². The molecule has 2 aromatic heterocycles. The van der Waals surface area contributed by atoms with Crippen LogP contribution in [0.1, 0.15) is 24.6 Å². The molecule has 0 spiro atoms. The lowest BCUT2D eigenvalue weighted by molar-refractivity contribution is -0.132. The third-order valence-electron chi connectivity index (χ3n) is 4.30. The van der Waals surface area contributed by atoms with Gasteiger partial charge in [0.2, 0.25) is 5.91 Å². The summed E-state index contributed by atoms with van der Waals surface area (Å²) in [6.07, 6.45) is 3.82. The van der Waals surface area contributed by atoms with Gasteiger partial charge in [-0.25, -0.2) is 9.97 Å². The first kappa shape index (κ1) is 15.2. The van der Waals surface area contributed by atoms with Gasteiger partial charge in [-0.3, -0.25) is 4.79 Å². The highest BCUT2D eigenvalue weighted by atomic mass is 32.1. The lowest BCUT2D eigenvalue weighted by Crippen LogP contribution is -2.46. The summed E-state index contributed by atoms with van der Waals surface area (Å²) in [5.74, 6) is 0.501. The molecule has 6 nitrogen and oxygen atoms in total. The molecule has 2 aromatic rings. The number of nitrogens with zero attached hydrogens (tertiary/aromatic N) is 2. The number of fused-ring (bicyclic) bond motifs is 1. The Hall–Kier alpha value is -1.73. The number of nitrogens with two attached hydrogens (primary N) is 1. The lowest BCUT2D eigenvalue weighted by atomic mass is 9.79. The fourth-order valence-corrected chi connectivity index (χ4v) is 3.68. The van der Waals surface area contributed by atoms with Gasteiger partial charge in [0.05, 0.1) is 10.8 Å². The number of rotatable bonds is 5. The van der Waals surface area contributed by atoms with E-state index in [9.17, 15) is 4.79 Å². The number of thiophene rings is 1. The Kier molecular flexibility index (Phi) is 4.26. The van der Waals surface area contributed by atoms with E-state index in [1.807, 2.05) is 0 Å². The van der Waals surface area contributed by atoms with Crippen LogP contribution in [0.25, 0.3) is 10.2 Å². The van der Waals surface area contributed by atoms with Gasteiger partial charge in [-0.05, 0) is 25.3 Å². The van der Waals surface area contributed by atoms with Crippen LogP contribution < -0.4 is 11.1 Å². The topological polar surface area (TPSA) is 90.1 Å². The Balaban J connectivity index is 1.83. The van der Waals surface area contributed by atoms with Crippen LogP contribution in [0, 0.1) is 5.41 Å². The third-order valence-corrected chi connectivity index (χ3v) is 5.48. The Morgan fingerprint density at radius 1 is 1.45 bits per heavy atom. The van der Waals surface area contributed by atoms with Crippen LogP contribution in [0.3, 0.4) is 0 Å². The summed E-state index contributed by atoms with van der Waals surface area (Å²) in [7, 11) is 0. The van der Waals surface area contributed by atoms with E-state index in [0.29, 0.717) is 32.6 Å². The van der Waals surface area contributed by atoms with Crippen LogP contribution in [0.5, 0.6) is 0 Å².